The van der Waals surface area contributed by atoms with E-state index >= 15 is 0 Å². The predicted molar refractivity (Wildman–Crippen MR) is 80.9 cm³/mol. The lowest BCUT2D eigenvalue weighted by Crippen LogP contribution is -2.54. The van der Waals surface area contributed by atoms with Crippen LogP contribution in [0.3, 0.4) is 0 Å². The number of carbonyl (C=O) groups excluding carboxylic acids is 3. The molecular weight excluding hydrogens is 282 g/mol. The zero-order chi connectivity index (χ0) is 15.9. The molecule has 122 valence electrons. The van der Waals surface area contributed by atoms with Gasteiger partial charge in [-0.2, -0.15) is 0 Å². The number of hydrogen-bond donors (Lipinski definition) is 2. The molecular formula is C16H25N3O3. The zero-order valence-electron chi connectivity index (χ0n) is 13.4. The third-order valence-corrected chi connectivity index (χ3v) is 5.52. The quantitative estimate of drug-likeness (QED) is 0.771. The van der Waals surface area contributed by atoms with Crippen molar-refractivity contribution in [3.63, 3.8) is 0 Å². The van der Waals surface area contributed by atoms with Crippen LogP contribution in [-0.4, -0.2) is 40.9 Å². The highest BCUT2D eigenvalue weighted by Crippen LogP contribution is 2.38. The molecule has 0 aromatic carbocycles. The van der Waals surface area contributed by atoms with E-state index in [9.17, 15) is 14.4 Å². The summed E-state index contributed by atoms with van der Waals surface area (Å²) in [4.78, 5) is 38.1. The number of urea groups is 1. The van der Waals surface area contributed by atoms with E-state index in [-0.39, 0.29) is 30.3 Å². The third-order valence-electron chi connectivity index (χ3n) is 5.52. The summed E-state index contributed by atoms with van der Waals surface area (Å²) in [6.07, 6.45) is 5.93. The molecule has 3 fully saturated rings. The summed E-state index contributed by atoms with van der Waals surface area (Å²) < 4.78 is 0. The van der Waals surface area contributed by atoms with Crippen LogP contribution in [0.1, 0.15) is 52.4 Å². The monoisotopic (exact) mass is 307 g/mol. The second-order valence-corrected chi connectivity index (χ2v) is 7.13. The molecule has 0 aromatic heterocycles. The summed E-state index contributed by atoms with van der Waals surface area (Å²) in [6.45, 7) is 3.82. The fourth-order valence-electron chi connectivity index (χ4n) is 3.80. The Morgan fingerprint density at radius 2 is 2.09 bits per heavy atom. The Kier molecular flexibility index (Phi) is 3.87. The fraction of sp³-hybridized carbons (Fsp3) is 0.812. The van der Waals surface area contributed by atoms with Crippen LogP contribution >= 0.6 is 0 Å². The summed E-state index contributed by atoms with van der Waals surface area (Å²) in [5.41, 5.74) is -0.780. The molecule has 6 nitrogen and oxygen atoms in total. The van der Waals surface area contributed by atoms with Crippen molar-refractivity contribution in [3.8, 4) is 0 Å². The first-order chi connectivity index (χ1) is 10.4. The van der Waals surface area contributed by atoms with Crippen LogP contribution in [0.4, 0.5) is 4.79 Å². The van der Waals surface area contributed by atoms with E-state index in [1.807, 2.05) is 13.8 Å². The smallest absolute Gasteiger partial charge is 0.325 e. The molecule has 1 spiro atoms. The van der Waals surface area contributed by atoms with Gasteiger partial charge in [0.2, 0.25) is 5.91 Å². The Hall–Kier alpha value is -1.59. The van der Waals surface area contributed by atoms with Gasteiger partial charge >= 0.3 is 6.03 Å². The van der Waals surface area contributed by atoms with Crippen LogP contribution < -0.4 is 10.6 Å². The minimum atomic E-state index is -0.780. The van der Waals surface area contributed by atoms with Crippen LogP contribution in [0, 0.1) is 11.8 Å². The van der Waals surface area contributed by atoms with Crippen LogP contribution in [0.2, 0.25) is 0 Å². The highest BCUT2D eigenvalue weighted by molar-refractivity contribution is 6.09. The molecule has 2 aliphatic carbocycles. The molecule has 0 unspecified atom stereocenters. The molecule has 1 saturated heterocycles. The van der Waals surface area contributed by atoms with E-state index in [0.29, 0.717) is 12.3 Å². The highest BCUT2D eigenvalue weighted by atomic mass is 16.2. The maximum Gasteiger partial charge on any atom is 0.325 e. The molecule has 6 heteroatoms. The normalized spacial score (nSPS) is 33.0. The maximum atomic E-state index is 12.7. The van der Waals surface area contributed by atoms with Gasteiger partial charge in [-0.25, -0.2) is 4.79 Å². The second kappa shape index (κ2) is 5.56. The van der Waals surface area contributed by atoms with Gasteiger partial charge in [0, 0.05) is 6.04 Å². The molecule has 3 aliphatic rings. The largest absolute Gasteiger partial charge is 0.352 e. The number of nitrogens with one attached hydrogen (secondary N) is 2. The first-order valence-corrected chi connectivity index (χ1v) is 8.37. The second-order valence-electron chi connectivity index (χ2n) is 7.13. The summed E-state index contributed by atoms with van der Waals surface area (Å²) in [7, 11) is 0. The highest BCUT2D eigenvalue weighted by Gasteiger charge is 2.55. The van der Waals surface area contributed by atoms with Crippen LogP contribution in [0.5, 0.6) is 0 Å². The van der Waals surface area contributed by atoms with Crippen molar-refractivity contribution in [2.45, 2.75) is 64.0 Å². The van der Waals surface area contributed by atoms with Gasteiger partial charge < -0.3 is 10.6 Å². The van der Waals surface area contributed by atoms with Gasteiger partial charge in [-0.3, -0.25) is 14.5 Å². The standard InChI is InChI=1S/C16H25N3O3/c1-10-5-3-4-8-16(10)14(21)19(15(22)18-16)9-13(20)17-11(2)12-6-7-12/h10-12H,3-9H2,1-2H3,(H,17,20)(H,18,22)/t10-,11+,16+/m1/s1. The number of carbonyl (C=O) groups is 3. The van der Waals surface area contributed by atoms with Crippen molar-refractivity contribution in [1.29, 1.82) is 0 Å². The van der Waals surface area contributed by atoms with E-state index in [0.717, 1.165) is 37.0 Å². The summed E-state index contributed by atoms with van der Waals surface area (Å²) in [5, 5.41) is 5.77. The van der Waals surface area contributed by atoms with E-state index in [4.69, 9.17) is 0 Å². The zero-order valence-corrected chi connectivity index (χ0v) is 13.4. The van der Waals surface area contributed by atoms with Crippen molar-refractivity contribution >= 4 is 17.8 Å². The van der Waals surface area contributed by atoms with Crippen molar-refractivity contribution in [1.82, 2.24) is 15.5 Å². The van der Waals surface area contributed by atoms with Gasteiger partial charge in [0.1, 0.15) is 12.1 Å². The van der Waals surface area contributed by atoms with Crippen molar-refractivity contribution in [2.75, 3.05) is 6.54 Å². The van der Waals surface area contributed by atoms with Gasteiger partial charge in [0.05, 0.1) is 0 Å². The molecule has 0 radical (unpaired) electrons. The molecule has 22 heavy (non-hydrogen) atoms. The molecule has 3 rings (SSSR count). The van der Waals surface area contributed by atoms with Crippen LogP contribution in [0.15, 0.2) is 0 Å². The predicted octanol–water partition coefficient (Wildman–Crippen LogP) is 1.40. The van der Waals surface area contributed by atoms with E-state index in [1.165, 1.54) is 0 Å². The number of nitrogens with zero attached hydrogens (tertiary/aromatic N) is 1. The summed E-state index contributed by atoms with van der Waals surface area (Å²) >= 11 is 0. The molecule has 2 saturated carbocycles. The Bertz CT molecular complexity index is 503. The molecule has 4 amide bonds. The topological polar surface area (TPSA) is 78.5 Å². The molecule has 1 aliphatic heterocycles. The lowest BCUT2D eigenvalue weighted by molar-refractivity contribution is -0.137. The van der Waals surface area contributed by atoms with Crippen molar-refractivity contribution < 1.29 is 14.4 Å². The summed E-state index contributed by atoms with van der Waals surface area (Å²) in [6, 6.07) is -0.302. The number of imide groups is 1. The van der Waals surface area contributed by atoms with E-state index < -0.39 is 11.6 Å². The minimum Gasteiger partial charge on any atom is -0.352 e. The van der Waals surface area contributed by atoms with Crippen LogP contribution in [0.25, 0.3) is 0 Å². The first-order valence-electron chi connectivity index (χ1n) is 8.37. The van der Waals surface area contributed by atoms with E-state index in [2.05, 4.69) is 10.6 Å². The molecule has 0 aromatic rings. The SMILES string of the molecule is C[C@H](NC(=O)CN1C(=O)N[C@]2(CCCC[C@H]2C)C1=O)C1CC1. The van der Waals surface area contributed by atoms with Gasteiger partial charge in [0.15, 0.2) is 0 Å². The number of hydrogen-bond acceptors (Lipinski definition) is 3. The third kappa shape index (κ3) is 2.59. The number of rotatable bonds is 4. The Morgan fingerprint density at radius 1 is 1.36 bits per heavy atom. The Labute approximate surface area is 131 Å². The minimum absolute atomic E-state index is 0.121. The molecule has 3 atom stereocenters. The fourth-order valence-corrected chi connectivity index (χ4v) is 3.80. The van der Waals surface area contributed by atoms with Gasteiger partial charge in [-0.1, -0.05) is 19.8 Å². The van der Waals surface area contributed by atoms with E-state index in [1.54, 1.807) is 0 Å². The Morgan fingerprint density at radius 3 is 2.73 bits per heavy atom. The van der Waals surface area contributed by atoms with Gasteiger partial charge in [0.25, 0.3) is 5.91 Å². The maximum absolute atomic E-state index is 12.7. The van der Waals surface area contributed by atoms with Gasteiger partial charge in [-0.15, -0.1) is 0 Å². The Balaban J connectivity index is 1.65. The van der Waals surface area contributed by atoms with Crippen molar-refractivity contribution in [2.24, 2.45) is 11.8 Å². The molecule has 0 bridgehead atoms. The van der Waals surface area contributed by atoms with Crippen molar-refractivity contribution in [3.05, 3.63) is 0 Å². The lowest BCUT2D eigenvalue weighted by atomic mass is 9.73. The molecule has 1 heterocycles. The lowest BCUT2D eigenvalue weighted by Gasteiger charge is -2.36. The van der Waals surface area contributed by atoms with Crippen LogP contribution in [-0.2, 0) is 9.59 Å². The average molecular weight is 307 g/mol. The molecule has 2 N–H and O–H groups in total. The average Bonchev–Trinajstić information content (AvgIpc) is 3.28. The number of amides is 4. The first kappa shape index (κ1) is 15.3. The summed E-state index contributed by atoms with van der Waals surface area (Å²) in [5.74, 6) is 0.204. The van der Waals surface area contributed by atoms with Gasteiger partial charge in [-0.05, 0) is 44.4 Å².